The summed E-state index contributed by atoms with van der Waals surface area (Å²) in [5, 5.41) is 28.5. The molecule has 0 bridgehead atoms. The van der Waals surface area contributed by atoms with Crippen molar-refractivity contribution in [1.82, 2.24) is 16.0 Å². The maximum atomic E-state index is 11.8. The van der Waals surface area contributed by atoms with E-state index in [9.17, 15) is 29.4 Å². The van der Waals surface area contributed by atoms with Crippen molar-refractivity contribution < 1.29 is 39.9 Å². The molecule has 160 valence electrons. The topological polar surface area (TPSA) is 213 Å². The first kappa shape index (κ1) is 29.5. The van der Waals surface area contributed by atoms with E-state index < -0.39 is 55.2 Å². The molecule has 8 N–H and O–H groups in total. The Morgan fingerprint density at radius 1 is 1.15 bits per heavy atom. The summed E-state index contributed by atoms with van der Waals surface area (Å²) in [6.45, 7) is -0.868. The molecule has 0 saturated carbocycles. The van der Waals surface area contributed by atoms with Gasteiger partial charge in [0.1, 0.15) is 12.3 Å². The molecule has 0 radical (unpaired) electrons. The summed E-state index contributed by atoms with van der Waals surface area (Å²) in [5.74, 6) is -3.35. The van der Waals surface area contributed by atoms with Crippen LogP contribution in [-0.4, -0.2) is 62.4 Å². The molecule has 3 atom stereocenters. The number of nitrogens with two attached hydrogens (primary N) is 1. The zero-order valence-corrected chi connectivity index (χ0v) is 13.9. The Morgan fingerprint density at radius 2 is 1.74 bits per heavy atom. The number of quaternary nitrogens is 1. The largest absolute Gasteiger partial charge is 0.834 e. The minimum Gasteiger partial charge on any atom is -0.834 e. The van der Waals surface area contributed by atoms with E-state index in [2.05, 4.69) is 21.7 Å². The van der Waals surface area contributed by atoms with Gasteiger partial charge in [0.15, 0.2) is 0 Å². The molecule has 0 aliphatic heterocycles. The summed E-state index contributed by atoms with van der Waals surface area (Å²) in [6.07, 6.45) is -1.80. The molecule has 0 aliphatic carbocycles. The van der Waals surface area contributed by atoms with E-state index in [0.29, 0.717) is 0 Å². The smallest absolute Gasteiger partial charge is 0.234 e. The third kappa shape index (κ3) is 13.6. The van der Waals surface area contributed by atoms with Gasteiger partial charge in [0, 0.05) is 6.54 Å². The Morgan fingerprint density at radius 3 is 2.19 bits per heavy atom. The highest BCUT2D eigenvalue weighted by atomic mass is 16.6. The lowest BCUT2D eigenvalue weighted by atomic mass is 10.2. The number of rotatable bonds is 13. The molecular formula is C15H32N5O7-. The summed E-state index contributed by atoms with van der Waals surface area (Å²) in [5.41, 5.74) is 8.36. The second kappa shape index (κ2) is 15.9. The molecule has 0 heterocycles. The Hall–Kier alpha value is -2.28. The predicted octanol–water partition coefficient (Wildman–Crippen LogP) is -5.24. The van der Waals surface area contributed by atoms with Crippen LogP contribution in [0.5, 0.6) is 0 Å². The molecule has 0 aliphatic rings. The first-order valence-electron chi connectivity index (χ1n) is 7.47. The van der Waals surface area contributed by atoms with E-state index in [1.807, 2.05) is 0 Å². The highest BCUT2D eigenvalue weighted by Gasteiger charge is 2.20. The maximum absolute atomic E-state index is 11.8. The van der Waals surface area contributed by atoms with E-state index in [0.717, 1.165) is 0 Å². The Balaban J connectivity index is -0.00000288. The van der Waals surface area contributed by atoms with Crippen molar-refractivity contribution in [3.8, 4) is 0 Å². The molecule has 0 fully saturated rings. The van der Waals surface area contributed by atoms with Crippen LogP contribution in [0.4, 0.5) is 0 Å². The molecule has 0 aromatic rings. The van der Waals surface area contributed by atoms with Gasteiger partial charge in [-0.25, -0.2) is 0 Å². The zero-order chi connectivity index (χ0) is 19.4. The maximum Gasteiger partial charge on any atom is 0.234 e. The van der Waals surface area contributed by atoms with E-state index in [1.54, 1.807) is 7.05 Å². The molecule has 0 aromatic heterocycles. The van der Waals surface area contributed by atoms with Crippen molar-refractivity contribution in [2.24, 2.45) is 5.73 Å². The van der Waals surface area contributed by atoms with Crippen molar-refractivity contribution in [3.05, 3.63) is 0 Å². The van der Waals surface area contributed by atoms with Gasteiger partial charge in [0.25, 0.3) is 0 Å². The fraction of sp³-hybridized carbons (Fsp3) is 0.733. The number of amides is 3. The molecule has 12 nitrogen and oxygen atoms in total. The lowest BCUT2D eigenvalue weighted by molar-refractivity contribution is -0.438. The number of carboxylic acid groups (broad SMARTS) is 1. The van der Waals surface area contributed by atoms with Gasteiger partial charge in [0.05, 0.1) is 24.9 Å². The van der Waals surface area contributed by atoms with Crippen LogP contribution in [0.2, 0.25) is 0 Å². The third-order valence-electron chi connectivity index (χ3n) is 3.17. The monoisotopic (exact) mass is 394 g/mol. The van der Waals surface area contributed by atoms with Crippen LogP contribution in [0.25, 0.3) is 0 Å². The Bertz CT molecular complexity index is 475. The van der Waals surface area contributed by atoms with Gasteiger partial charge >= 0.3 is 0 Å². The van der Waals surface area contributed by atoms with E-state index in [1.165, 1.54) is 0 Å². The van der Waals surface area contributed by atoms with Gasteiger partial charge in [0.2, 0.25) is 17.7 Å². The van der Waals surface area contributed by atoms with Crippen molar-refractivity contribution in [1.29, 1.82) is 0 Å². The zero-order valence-electron chi connectivity index (χ0n) is 13.9. The molecule has 12 heteroatoms. The van der Waals surface area contributed by atoms with Crippen LogP contribution < -0.4 is 37.6 Å². The standard InChI is InChI=1S/C13H24N5O7.2CH4/c1-16-8(12(15)22)2-3-17-9(20)5-11(25-6-19)18-10(21)4-7(14)13(23)24;;/h7-8,11,16H,2-6,14H2,1H3,(H2,15,22)(H,17,20)(H,18,21)(H,23,24);2*1H4/q-1;;. The van der Waals surface area contributed by atoms with Gasteiger partial charge in [-0.3, -0.25) is 14.4 Å². The first-order valence-corrected chi connectivity index (χ1v) is 7.47. The highest BCUT2D eigenvalue weighted by molar-refractivity contribution is 5.83. The van der Waals surface area contributed by atoms with Crippen LogP contribution in [0, 0.1) is 0 Å². The van der Waals surface area contributed by atoms with Gasteiger partial charge in [-0.15, -0.1) is 0 Å². The normalized spacial score (nSPS) is 13.1. The lowest BCUT2D eigenvalue weighted by Crippen LogP contribution is -2.69. The number of carboxylic acids is 1. The molecule has 0 saturated heterocycles. The van der Waals surface area contributed by atoms with Crippen LogP contribution in [0.3, 0.4) is 0 Å². The number of primary amides is 1. The van der Waals surface area contributed by atoms with E-state index in [-0.39, 0.29) is 34.2 Å². The number of likely N-dealkylation sites (N-methyl/N-ethyl adjacent to an activating group) is 1. The average Bonchev–Trinajstić information content (AvgIpc) is 2.51. The van der Waals surface area contributed by atoms with Gasteiger partial charge in [-0.2, -0.15) is 0 Å². The summed E-state index contributed by atoms with van der Waals surface area (Å²) < 4.78 is 4.69. The molecule has 3 unspecified atom stereocenters. The minimum absolute atomic E-state index is 0. The third-order valence-corrected chi connectivity index (χ3v) is 3.17. The second-order valence-corrected chi connectivity index (χ2v) is 5.15. The summed E-state index contributed by atoms with van der Waals surface area (Å²) >= 11 is 0. The summed E-state index contributed by atoms with van der Waals surface area (Å²) in [7, 11) is 1.55. The quantitative estimate of drug-likeness (QED) is 0.190. The number of aliphatic carboxylic acids is 1. The van der Waals surface area contributed by atoms with E-state index >= 15 is 0 Å². The van der Waals surface area contributed by atoms with Crippen molar-refractivity contribution in [2.75, 3.05) is 20.4 Å². The summed E-state index contributed by atoms with van der Waals surface area (Å²) in [6, 6.07) is -1.87. The second-order valence-electron chi connectivity index (χ2n) is 5.15. The molecule has 0 aromatic carbocycles. The van der Waals surface area contributed by atoms with Gasteiger partial charge < -0.3 is 47.2 Å². The van der Waals surface area contributed by atoms with E-state index in [4.69, 9.17) is 10.5 Å². The minimum atomic E-state index is -1.50. The molecule has 0 spiro atoms. The Kier molecular flexibility index (Phi) is 17.4. The van der Waals surface area contributed by atoms with Crippen LogP contribution in [-0.2, 0) is 23.9 Å². The van der Waals surface area contributed by atoms with Crippen molar-refractivity contribution >= 4 is 23.7 Å². The van der Waals surface area contributed by atoms with Gasteiger partial charge in [-0.1, -0.05) is 14.9 Å². The summed E-state index contributed by atoms with van der Waals surface area (Å²) in [4.78, 5) is 45.0. The molecule has 3 amide bonds. The average molecular weight is 394 g/mol. The number of ether oxygens (including phenoxy) is 1. The Labute approximate surface area is 159 Å². The van der Waals surface area contributed by atoms with Crippen LogP contribution >= 0.6 is 0 Å². The van der Waals surface area contributed by atoms with Crippen LogP contribution in [0.15, 0.2) is 0 Å². The van der Waals surface area contributed by atoms with Crippen LogP contribution in [0.1, 0.15) is 34.1 Å². The number of hydrogen-bond acceptors (Lipinski definition) is 8. The fourth-order valence-corrected chi connectivity index (χ4v) is 1.80. The predicted molar refractivity (Wildman–Crippen MR) is 91.9 cm³/mol. The number of carbonyl (C=O) groups excluding carboxylic acids is 4. The number of hydrogen-bond donors (Lipinski definition) is 5. The lowest BCUT2D eigenvalue weighted by Gasteiger charge is -2.21. The first-order chi connectivity index (χ1) is 11.7. The highest BCUT2D eigenvalue weighted by Crippen LogP contribution is 1.97. The molecule has 27 heavy (non-hydrogen) atoms. The van der Waals surface area contributed by atoms with Crippen molar-refractivity contribution in [3.63, 3.8) is 0 Å². The SMILES string of the molecule is C.C.CNC(CCNC(=O)CC(NC(=O)CC([NH3+])C(=O)[O-])OC[O-])C(N)=O. The molecule has 0 rings (SSSR count). The molecular weight excluding hydrogens is 362 g/mol. The van der Waals surface area contributed by atoms with Gasteiger partial charge in [-0.05, 0) is 20.3 Å². The fourth-order valence-electron chi connectivity index (χ4n) is 1.80. The number of carbonyl (C=O) groups is 4. The number of nitrogens with one attached hydrogen (secondary N) is 3. The van der Waals surface area contributed by atoms with Crippen molar-refractivity contribution in [2.45, 2.75) is 52.4 Å².